The summed E-state index contributed by atoms with van der Waals surface area (Å²) in [5.74, 6) is 0.485. The summed E-state index contributed by atoms with van der Waals surface area (Å²) in [5.41, 5.74) is 0.424. The molecule has 32 heavy (non-hydrogen) atoms. The number of amides is 1. The maximum Gasteiger partial charge on any atom is 0.234 e. The van der Waals surface area contributed by atoms with Crippen molar-refractivity contribution in [1.82, 2.24) is 10.6 Å². The first kappa shape index (κ1) is 24.9. The van der Waals surface area contributed by atoms with Crippen molar-refractivity contribution < 1.29 is 9.90 Å². The third kappa shape index (κ3) is 6.41. The quantitative estimate of drug-likeness (QED) is 0.505. The zero-order valence-electron chi connectivity index (χ0n) is 19.9. The van der Waals surface area contributed by atoms with Gasteiger partial charge in [-0.15, -0.1) is 0 Å². The van der Waals surface area contributed by atoms with Gasteiger partial charge in [0, 0.05) is 6.04 Å². The van der Waals surface area contributed by atoms with E-state index in [0.717, 1.165) is 0 Å². The van der Waals surface area contributed by atoms with Crippen molar-refractivity contribution in [2.45, 2.75) is 64.7 Å². The average Bonchev–Trinajstić information content (AvgIpc) is 3.26. The van der Waals surface area contributed by atoms with Crippen LogP contribution in [0, 0.1) is 11.3 Å². The molecule has 1 aliphatic rings. The molecule has 1 saturated carbocycles. The molecule has 0 bridgehead atoms. The SMILES string of the molecule is C[C@@H](NCC(=O)N[C@@H](CO)C(C)(C)C)C1CCC[C@@H]1P(c1ccccc1)c1ccccc1. The highest BCUT2D eigenvalue weighted by atomic mass is 31.1. The summed E-state index contributed by atoms with van der Waals surface area (Å²) in [7, 11) is -0.455. The molecule has 1 fully saturated rings. The summed E-state index contributed by atoms with van der Waals surface area (Å²) in [6, 6.07) is 21.9. The van der Waals surface area contributed by atoms with Crippen LogP contribution < -0.4 is 21.2 Å². The Balaban J connectivity index is 1.70. The van der Waals surface area contributed by atoms with Gasteiger partial charge >= 0.3 is 0 Å². The molecule has 1 aliphatic carbocycles. The Morgan fingerprint density at radius 1 is 1.03 bits per heavy atom. The first-order valence-electron chi connectivity index (χ1n) is 11.8. The standard InChI is InChI=1S/C27H39N2O2P/c1-20(28-18-26(31)29-25(19-30)27(2,3)4)23-16-11-17-24(23)32(21-12-7-5-8-13-21)22-14-9-6-10-15-22/h5-10,12-15,20,23-25,28,30H,11,16-19H2,1-4H3,(H,29,31)/t20-,23?,24+,25+/m1/s1. The Bertz CT molecular complexity index is 798. The third-order valence-corrected chi connectivity index (χ3v) is 9.74. The van der Waals surface area contributed by atoms with Gasteiger partial charge in [0.2, 0.25) is 5.91 Å². The van der Waals surface area contributed by atoms with E-state index in [9.17, 15) is 9.90 Å². The molecule has 0 heterocycles. The van der Waals surface area contributed by atoms with E-state index in [1.54, 1.807) is 0 Å². The van der Waals surface area contributed by atoms with E-state index in [2.05, 4.69) is 78.2 Å². The van der Waals surface area contributed by atoms with Crippen molar-refractivity contribution in [2.75, 3.05) is 13.2 Å². The molecule has 1 unspecified atom stereocenters. The number of aliphatic hydroxyl groups is 1. The maximum atomic E-state index is 12.6. The Morgan fingerprint density at radius 2 is 1.59 bits per heavy atom. The normalized spacial score (nSPS) is 20.8. The van der Waals surface area contributed by atoms with E-state index >= 15 is 0 Å². The molecule has 4 nitrogen and oxygen atoms in total. The molecule has 2 aromatic carbocycles. The maximum absolute atomic E-state index is 12.6. The van der Waals surface area contributed by atoms with Gasteiger partial charge in [-0.25, -0.2) is 0 Å². The number of rotatable bonds is 9. The number of carbonyl (C=O) groups excluding carboxylic acids is 1. The molecule has 0 spiro atoms. The second-order valence-electron chi connectivity index (χ2n) is 10.0. The predicted octanol–water partition coefficient (Wildman–Crippen LogP) is 3.79. The molecule has 4 atom stereocenters. The fourth-order valence-corrected chi connectivity index (χ4v) is 8.05. The second-order valence-corrected chi connectivity index (χ2v) is 12.5. The van der Waals surface area contributed by atoms with Gasteiger partial charge < -0.3 is 15.7 Å². The predicted molar refractivity (Wildman–Crippen MR) is 136 cm³/mol. The minimum atomic E-state index is -0.455. The number of nitrogens with one attached hydrogen (secondary N) is 2. The first-order valence-corrected chi connectivity index (χ1v) is 13.2. The Labute approximate surface area is 195 Å². The third-order valence-electron chi connectivity index (χ3n) is 6.72. The number of aliphatic hydroxyl groups excluding tert-OH is 1. The van der Waals surface area contributed by atoms with Gasteiger partial charge in [-0.2, -0.15) is 0 Å². The molecular weight excluding hydrogens is 415 g/mol. The van der Waals surface area contributed by atoms with Gasteiger partial charge in [0.1, 0.15) is 0 Å². The van der Waals surface area contributed by atoms with Crippen LogP contribution >= 0.6 is 7.92 Å². The van der Waals surface area contributed by atoms with Gasteiger partial charge in [0.25, 0.3) is 0 Å². The van der Waals surface area contributed by atoms with E-state index in [4.69, 9.17) is 0 Å². The highest BCUT2D eigenvalue weighted by Gasteiger charge is 2.38. The summed E-state index contributed by atoms with van der Waals surface area (Å²) >= 11 is 0. The molecule has 1 amide bonds. The molecule has 0 aliphatic heterocycles. The van der Waals surface area contributed by atoms with Crippen molar-refractivity contribution in [1.29, 1.82) is 0 Å². The van der Waals surface area contributed by atoms with E-state index in [1.807, 2.05) is 20.8 Å². The lowest BCUT2D eigenvalue weighted by Crippen LogP contribution is -2.50. The summed E-state index contributed by atoms with van der Waals surface area (Å²) in [6.45, 7) is 8.56. The van der Waals surface area contributed by atoms with Crippen molar-refractivity contribution in [3.8, 4) is 0 Å². The smallest absolute Gasteiger partial charge is 0.234 e. The number of carbonyl (C=O) groups is 1. The Kier molecular flexibility index (Phi) is 8.87. The van der Waals surface area contributed by atoms with Crippen molar-refractivity contribution in [3.63, 3.8) is 0 Å². The van der Waals surface area contributed by atoms with Crippen molar-refractivity contribution in [2.24, 2.45) is 11.3 Å². The highest BCUT2D eigenvalue weighted by molar-refractivity contribution is 7.73. The molecule has 174 valence electrons. The largest absolute Gasteiger partial charge is 0.394 e. The van der Waals surface area contributed by atoms with Crippen LogP contribution in [0.4, 0.5) is 0 Å². The van der Waals surface area contributed by atoms with Crippen LogP contribution in [0.25, 0.3) is 0 Å². The number of hydrogen-bond donors (Lipinski definition) is 3. The zero-order valence-corrected chi connectivity index (χ0v) is 20.8. The van der Waals surface area contributed by atoms with Crippen LogP contribution in [-0.2, 0) is 4.79 Å². The number of hydrogen-bond acceptors (Lipinski definition) is 3. The van der Waals surface area contributed by atoms with Crippen molar-refractivity contribution in [3.05, 3.63) is 60.7 Å². The molecule has 5 heteroatoms. The lowest BCUT2D eigenvalue weighted by atomic mass is 9.87. The van der Waals surface area contributed by atoms with E-state index in [1.165, 1.54) is 29.9 Å². The van der Waals surface area contributed by atoms with Gasteiger partial charge in [-0.3, -0.25) is 4.79 Å². The van der Waals surface area contributed by atoms with Crippen LogP contribution in [0.2, 0.25) is 0 Å². The summed E-state index contributed by atoms with van der Waals surface area (Å²) in [6.07, 6.45) is 3.66. The molecule has 0 saturated heterocycles. The van der Waals surface area contributed by atoms with Crippen LogP contribution in [0.15, 0.2) is 60.7 Å². The van der Waals surface area contributed by atoms with Gasteiger partial charge in [-0.1, -0.05) is 87.9 Å². The molecule has 3 N–H and O–H groups in total. The van der Waals surface area contributed by atoms with Crippen LogP contribution in [0.1, 0.15) is 47.0 Å². The number of benzene rings is 2. The van der Waals surface area contributed by atoms with E-state index in [-0.39, 0.29) is 36.6 Å². The van der Waals surface area contributed by atoms with Gasteiger partial charge in [0.15, 0.2) is 0 Å². The van der Waals surface area contributed by atoms with Crippen molar-refractivity contribution >= 4 is 24.4 Å². The fourth-order valence-electron chi connectivity index (χ4n) is 4.77. The first-order chi connectivity index (χ1) is 15.3. The molecule has 2 aromatic rings. The van der Waals surface area contributed by atoms with Crippen LogP contribution in [0.5, 0.6) is 0 Å². The van der Waals surface area contributed by atoms with Crippen LogP contribution in [0.3, 0.4) is 0 Å². The Morgan fingerprint density at radius 3 is 2.09 bits per heavy atom. The zero-order chi connectivity index (χ0) is 23.1. The molecular formula is C27H39N2O2P. The fraction of sp³-hybridized carbons (Fsp3) is 0.519. The minimum Gasteiger partial charge on any atom is -0.394 e. The second kappa shape index (κ2) is 11.4. The lowest BCUT2D eigenvalue weighted by molar-refractivity contribution is -0.122. The van der Waals surface area contributed by atoms with Crippen LogP contribution in [-0.4, -0.2) is 41.9 Å². The molecule has 3 rings (SSSR count). The molecule has 0 radical (unpaired) electrons. The molecule has 0 aromatic heterocycles. The average molecular weight is 455 g/mol. The topological polar surface area (TPSA) is 61.4 Å². The van der Waals surface area contributed by atoms with Gasteiger partial charge in [0.05, 0.1) is 19.2 Å². The highest BCUT2D eigenvalue weighted by Crippen LogP contribution is 2.50. The summed E-state index contributed by atoms with van der Waals surface area (Å²) < 4.78 is 0. The minimum absolute atomic E-state index is 0.0474. The van der Waals surface area contributed by atoms with Gasteiger partial charge in [-0.05, 0) is 55.3 Å². The van der Waals surface area contributed by atoms with E-state index < -0.39 is 7.92 Å². The summed E-state index contributed by atoms with van der Waals surface area (Å²) in [4.78, 5) is 12.6. The lowest BCUT2D eigenvalue weighted by Gasteiger charge is -2.34. The van der Waals surface area contributed by atoms with E-state index in [0.29, 0.717) is 11.6 Å². The Hall–Kier alpha value is -1.74. The monoisotopic (exact) mass is 454 g/mol. The summed E-state index contributed by atoms with van der Waals surface area (Å²) in [5, 5.41) is 19.0.